The number of nitrogens with one attached hydrogen (secondary N) is 1. The number of carbonyl (C=O) groups excluding carboxylic acids is 2. The Bertz CT molecular complexity index is 978. The van der Waals surface area contributed by atoms with E-state index < -0.39 is 5.97 Å². The van der Waals surface area contributed by atoms with Crippen LogP contribution in [0, 0.1) is 0 Å². The molecule has 3 aromatic rings. The van der Waals surface area contributed by atoms with Crippen molar-refractivity contribution in [2.45, 2.75) is 0 Å². The van der Waals surface area contributed by atoms with Crippen LogP contribution < -0.4 is 14.8 Å². The van der Waals surface area contributed by atoms with Crippen molar-refractivity contribution in [1.29, 1.82) is 0 Å². The zero-order chi connectivity index (χ0) is 19.2. The number of esters is 1. The average molecular weight is 365 g/mol. The molecule has 1 amide bonds. The topological polar surface area (TPSA) is 73.9 Å². The monoisotopic (exact) mass is 365 g/mol. The Balaban J connectivity index is 1.69. The maximum Gasteiger partial charge on any atom is 0.337 e. The number of ether oxygens (including phenoxy) is 3. The van der Waals surface area contributed by atoms with Gasteiger partial charge < -0.3 is 19.5 Å². The minimum Gasteiger partial charge on any atom is -0.493 e. The van der Waals surface area contributed by atoms with E-state index in [-0.39, 0.29) is 12.5 Å². The van der Waals surface area contributed by atoms with E-state index in [9.17, 15) is 9.59 Å². The molecule has 0 unspecified atom stereocenters. The number of fused-ring (bicyclic) bond motifs is 1. The van der Waals surface area contributed by atoms with Gasteiger partial charge in [-0.1, -0.05) is 36.4 Å². The van der Waals surface area contributed by atoms with Crippen LogP contribution in [0.5, 0.6) is 11.5 Å². The van der Waals surface area contributed by atoms with E-state index in [1.165, 1.54) is 20.3 Å². The second-order valence-corrected chi connectivity index (χ2v) is 5.72. The SMILES string of the molecule is COC(=O)c1ccc(OCC(=O)Nc2cccc3ccccc23)c(OC)c1. The number of hydrogen-bond acceptors (Lipinski definition) is 5. The molecule has 0 bridgehead atoms. The van der Waals surface area contributed by atoms with Crippen molar-refractivity contribution in [2.75, 3.05) is 26.1 Å². The first-order valence-electron chi connectivity index (χ1n) is 8.29. The van der Waals surface area contributed by atoms with E-state index in [4.69, 9.17) is 9.47 Å². The summed E-state index contributed by atoms with van der Waals surface area (Å²) >= 11 is 0. The molecule has 27 heavy (non-hydrogen) atoms. The Labute approximate surface area is 156 Å². The molecule has 3 rings (SSSR count). The standard InChI is InChI=1S/C21H19NO5/c1-25-19-12-15(21(24)26-2)10-11-18(19)27-13-20(23)22-17-9-5-7-14-6-3-4-8-16(14)17/h3-12H,13H2,1-2H3,(H,22,23). The van der Waals surface area contributed by atoms with E-state index in [0.29, 0.717) is 17.1 Å². The molecule has 6 nitrogen and oxygen atoms in total. The van der Waals surface area contributed by atoms with Gasteiger partial charge in [-0.15, -0.1) is 0 Å². The predicted molar refractivity (Wildman–Crippen MR) is 102 cm³/mol. The highest BCUT2D eigenvalue weighted by Crippen LogP contribution is 2.28. The third-order valence-electron chi connectivity index (χ3n) is 4.01. The Morgan fingerprint density at radius 3 is 2.48 bits per heavy atom. The number of benzene rings is 3. The van der Waals surface area contributed by atoms with Gasteiger partial charge in [-0.3, -0.25) is 4.79 Å². The van der Waals surface area contributed by atoms with Gasteiger partial charge in [0.2, 0.25) is 0 Å². The lowest BCUT2D eigenvalue weighted by molar-refractivity contribution is -0.118. The third kappa shape index (κ3) is 4.17. The van der Waals surface area contributed by atoms with E-state index in [0.717, 1.165) is 16.5 Å². The van der Waals surface area contributed by atoms with Gasteiger partial charge in [-0.2, -0.15) is 0 Å². The lowest BCUT2D eigenvalue weighted by Gasteiger charge is -2.12. The summed E-state index contributed by atoms with van der Waals surface area (Å²) in [7, 11) is 2.76. The number of hydrogen-bond donors (Lipinski definition) is 1. The van der Waals surface area contributed by atoms with Crippen LogP contribution in [0.3, 0.4) is 0 Å². The molecule has 0 heterocycles. The van der Waals surface area contributed by atoms with Gasteiger partial charge in [-0.05, 0) is 29.7 Å². The highest BCUT2D eigenvalue weighted by Gasteiger charge is 2.13. The molecule has 6 heteroatoms. The third-order valence-corrected chi connectivity index (χ3v) is 4.01. The fourth-order valence-electron chi connectivity index (χ4n) is 2.70. The first-order chi connectivity index (χ1) is 13.1. The molecule has 3 aromatic carbocycles. The van der Waals surface area contributed by atoms with Gasteiger partial charge in [0.15, 0.2) is 18.1 Å². The Kier molecular flexibility index (Phi) is 5.56. The van der Waals surface area contributed by atoms with Crippen molar-refractivity contribution in [3.05, 3.63) is 66.2 Å². The van der Waals surface area contributed by atoms with Crippen LogP contribution >= 0.6 is 0 Å². The first kappa shape index (κ1) is 18.3. The molecule has 0 fully saturated rings. The normalized spacial score (nSPS) is 10.3. The zero-order valence-electron chi connectivity index (χ0n) is 15.0. The number of anilines is 1. The van der Waals surface area contributed by atoms with Gasteiger partial charge in [0.1, 0.15) is 0 Å². The predicted octanol–water partition coefficient (Wildman–Crippen LogP) is 3.65. The molecule has 0 atom stereocenters. The summed E-state index contributed by atoms with van der Waals surface area (Å²) < 4.78 is 15.5. The maximum atomic E-state index is 12.3. The summed E-state index contributed by atoms with van der Waals surface area (Å²) in [5.74, 6) is -0.0758. The molecular formula is C21H19NO5. The molecule has 138 valence electrons. The largest absolute Gasteiger partial charge is 0.493 e. The van der Waals surface area contributed by atoms with Crippen molar-refractivity contribution < 1.29 is 23.8 Å². The number of carbonyl (C=O) groups is 2. The van der Waals surface area contributed by atoms with Crippen LogP contribution in [0.4, 0.5) is 5.69 Å². The van der Waals surface area contributed by atoms with Crippen molar-refractivity contribution in [1.82, 2.24) is 0 Å². The molecule has 0 aliphatic carbocycles. The fourth-order valence-corrected chi connectivity index (χ4v) is 2.70. The second-order valence-electron chi connectivity index (χ2n) is 5.72. The Morgan fingerprint density at radius 1 is 0.926 bits per heavy atom. The van der Waals surface area contributed by atoms with Gasteiger partial charge in [0.05, 0.1) is 19.8 Å². The van der Waals surface area contributed by atoms with E-state index in [2.05, 4.69) is 10.1 Å². The summed E-state index contributed by atoms with van der Waals surface area (Å²) in [6, 6.07) is 18.1. The molecule has 0 aliphatic rings. The van der Waals surface area contributed by atoms with Crippen molar-refractivity contribution in [2.24, 2.45) is 0 Å². The minimum absolute atomic E-state index is 0.197. The molecule has 0 radical (unpaired) electrons. The summed E-state index contributed by atoms with van der Waals surface area (Å²) in [4.78, 5) is 23.9. The lowest BCUT2D eigenvalue weighted by atomic mass is 10.1. The summed E-state index contributed by atoms with van der Waals surface area (Å²) in [6.45, 7) is -0.197. The molecule has 0 aliphatic heterocycles. The summed E-state index contributed by atoms with van der Waals surface area (Å²) in [5, 5.41) is 4.84. The molecule has 0 aromatic heterocycles. The number of methoxy groups -OCH3 is 2. The average Bonchev–Trinajstić information content (AvgIpc) is 2.71. The zero-order valence-corrected chi connectivity index (χ0v) is 15.0. The summed E-state index contributed by atoms with van der Waals surface area (Å²) in [6.07, 6.45) is 0. The van der Waals surface area contributed by atoms with E-state index >= 15 is 0 Å². The smallest absolute Gasteiger partial charge is 0.337 e. The molecule has 0 saturated carbocycles. The molecule has 0 spiro atoms. The van der Waals surface area contributed by atoms with Crippen LogP contribution in [0.1, 0.15) is 10.4 Å². The van der Waals surface area contributed by atoms with Crippen LogP contribution in [-0.2, 0) is 9.53 Å². The molecule has 1 N–H and O–H groups in total. The number of rotatable bonds is 6. The fraction of sp³-hybridized carbons (Fsp3) is 0.143. The Morgan fingerprint density at radius 2 is 1.70 bits per heavy atom. The van der Waals surface area contributed by atoms with Crippen LogP contribution in [-0.4, -0.2) is 32.7 Å². The van der Waals surface area contributed by atoms with Gasteiger partial charge in [-0.25, -0.2) is 4.79 Å². The van der Waals surface area contributed by atoms with Crippen molar-refractivity contribution >= 4 is 28.3 Å². The second kappa shape index (κ2) is 8.23. The summed E-state index contributed by atoms with van der Waals surface area (Å²) in [5.41, 5.74) is 1.05. The van der Waals surface area contributed by atoms with E-state index in [1.54, 1.807) is 12.1 Å². The van der Waals surface area contributed by atoms with Crippen molar-refractivity contribution in [3.63, 3.8) is 0 Å². The Hall–Kier alpha value is -3.54. The van der Waals surface area contributed by atoms with Crippen LogP contribution in [0.2, 0.25) is 0 Å². The van der Waals surface area contributed by atoms with Gasteiger partial charge >= 0.3 is 5.97 Å². The van der Waals surface area contributed by atoms with Crippen LogP contribution in [0.25, 0.3) is 10.8 Å². The highest BCUT2D eigenvalue weighted by molar-refractivity contribution is 6.02. The van der Waals surface area contributed by atoms with Gasteiger partial charge in [0, 0.05) is 11.1 Å². The maximum absolute atomic E-state index is 12.3. The highest BCUT2D eigenvalue weighted by atomic mass is 16.5. The number of amides is 1. The lowest BCUT2D eigenvalue weighted by Crippen LogP contribution is -2.20. The van der Waals surface area contributed by atoms with Crippen LogP contribution in [0.15, 0.2) is 60.7 Å². The molecule has 0 saturated heterocycles. The van der Waals surface area contributed by atoms with Gasteiger partial charge in [0.25, 0.3) is 5.91 Å². The van der Waals surface area contributed by atoms with Crippen molar-refractivity contribution in [3.8, 4) is 11.5 Å². The minimum atomic E-state index is -0.478. The molecular weight excluding hydrogens is 346 g/mol. The first-order valence-corrected chi connectivity index (χ1v) is 8.29. The van der Waals surface area contributed by atoms with E-state index in [1.807, 2.05) is 42.5 Å². The quantitative estimate of drug-likeness (QED) is 0.675.